The second-order valence-corrected chi connectivity index (χ2v) is 6.04. The first kappa shape index (κ1) is 15.2. The maximum Gasteiger partial charge on any atom is 0.205 e. The van der Waals surface area contributed by atoms with E-state index in [2.05, 4.69) is 6.07 Å². The van der Waals surface area contributed by atoms with Crippen LogP contribution in [0.2, 0.25) is 0 Å². The van der Waals surface area contributed by atoms with Crippen molar-refractivity contribution in [2.45, 2.75) is 5.92 Å². The van der Waals surface area contributed by atoms with Gasteiger partial charge in [0.1, 0.15) is 23.1 Å². The molecule has 1 aromatic heterocycles. The summed E-state index contributed by atoms with van der Waals surface area (Å²) in [6, 6.07) is 16.0. The summed E-state index contributed by atoms with van der Waals surface area (Å²) in [6.07, 6.45) is 1.98. The number of rotatable bonds is 2. The molecule has 0 aliphatic carbocycles. The molecule has 0 saturated carbocycles. The highest BCUT2D eigenvalue weighted by Gasteiger charge is 2.32. The largest absolute Gasteiger partial charge is 0.497 e. The number of aromatic nitrogens is 1. The van der Waals surface area contributed by atoms with E-state index >= 15 is 0 Å². The molecule has 2 N–H and O–H groups in total. The summed E-state index contributed by atoms with van der Waals surface area (Å²) in [4.78, 5) is 0. The molecular formula is C20H17N3O2. The molecule has 5 heteroatoms. The van der Waals surface area contributed by atoms with Crippen LogP contribution < -0.4 is 15.2 Å². The summed E-state index contributed by atoms with van der Waals surface area (Å²) >= 11 is 0. The Hall–Kier alpha value is -3.39. The predicted octanol–water partition coefficient (Wildman–Crippen LogP) is 3.41. The molecule has 0 radical (unpaired) electrons. The smallest absolute Gasteiger partial charge is 0.205 e. The summed E-state index contributed by atoms with van der Waals surface area (Å²) in [5, 5.41) is 10.6. The third-order valence-corrected chi connectivity index (χ3v) is 4.67. The number of nitrogens with two attached hydrogens (primary N) is 1. The fourth-order valence-corrected chi connectivity index (χ4v) is 3.43. The molecule has 2 aromatic carbocycles. The summed E-state index contributed by atoms with van der Waals surface area (Å²) in [6.45, 7) is 0. The van der Waals surface area contributed by atoms with E-state index in [0.717, 1.165) is 27.8 Å². The van der Waals surface area contributed by atoms with Gasteiger partial charge in [0.05, 0.1) is 18.5 Å². The van der Waals surface area contributed by atoms with Gasteiger partial charge in [-0.15, -0.1) is 0 Å². The first-order valence-corrected chi connectivity index (χ1v) is 7.93. The molecule has 25 heavy (non-hydrogen) atoms. The summed E-state index contributed by atoms with van der Waals surface area (Å²) in [7, 11) is 3.61. The lowest BCUT2D eigenvalue weighted by atomic mass is 9.83. The van der Waals surface area contributed by atoms with E-state index in [1.807, 2.05) is 60.3 Å². The molecule has 0 spiro atoms. The Labute approximate surface area is 145 Å². The number of nitrogens with zero attached hydrogens (tertiary/aromatic N) is 2. The standard InChI is InChI=1S/C20H17N3O2/c1-23-9-8-14-17(23)7-6-15-18(12-4-3-5-13(10-12)24-2)16(11-21)20(22)25-19(14)15/h3-10,18H,22H2,1-2H3. The number of benzene rings is 2. The van der Waals surface area contributed by atoms with Crippen molar-refractivity contribution in [3.05, 3.63) is 71.2 Å². The zero-order chi connectivity index (χ0) is 17.6. The monoisotopic (exact) mass is 331 g/mol. The Balaban J connectivity index is 1.99. The Kier molecular flexibility index (Phi) is 3.40. The minimum Gasteiger partial charge on any atom is -0.497 e. The van der Waals surface area contributed by atoms with E-state index < -0.39 is 0 Å². The molecule has 1 aliphatic heterocycles. The Morgan fingerprint density at radius 3 is 2.84 bits per heavy atom. The summed E-state index contributed by atoms with van der Waals surface area (Å²) < 4.78 is 13.2. The van der Waals surface area contributed by atoms with Gasteiger partial charge in [0, 0.05) is 24.2 Å². The van der Waals surface area contributed by atoms with E-state index in [1.165, 1.54) is 0 Å². The number of fused-ring (bicyclic) bond motifs is 3. The van der Waals surface area contributed by atoms with Crippen LogP contribution in [0.15, 0.2) is 60.1 Å². The number of hydrogen-bond acceptors (Lipinski definition) is 4. The van der Waals surface area contributed by atoms with Gasteiger partial charge < -0.3 is 19.8 Å². The van der Waals surface area contributed by atoms with Crippen molar-refractivity contribution in [3.8, 4) is 17.6 Å². The number of nitriles is 1. The highest BCUT2D eigenvalue weighted by molar-refractivity contribution is 5.89. The van der Waals surface area contributed by atoms with Crippen molar-refractivity contribution in [3.63, 3.8) is 0 Å². The molecule has 1 atom stereocenters. The highest BCUT2D eigenvalue weighted by atomic mass is 16.5. The summed E-state index contributed by atoms with van der Waals surface area (Å²) in [5.41, 5.74) is 9.43. The molecule has 0 saturated heterocycles. The van der Waals surface area contributed by atoms with Crippen molar-refractivity contribution in [2.24, 2.45) is 12.8 Å². The van der Waals surface area contributed by atoms with Crippen molar-refractivity contribution in [1.82, 2.24) is 4.57 Å². The van der Waals surface area contributed by atoms with Crippen molar-refractivity contribution < 1.29 is 9.47 Å². The van der Waals surface area contributed by atoms with Gasteiger partial charge in [0.2, 0.25) is 5.88 Å². The Morgan fingerprint density at radius 2 is 2.08 bits per heavy atom. The average molecular weight is 331 g/mol. The van der Waals surface area contributed by atoms with Crippen LogP contribution in [0.4, 0.5) is 0 Å². The van der Waals surface area contributed by atoms with E-state index in [1.54, 1.807) is 7.11 Å². The SMILES string of the molecule is COc1cccc(C2C(C#N)=C(N)Oc3c2ccc2c3ccn2C)c1. The van der Waals surface area contributed by atoms with E-state index in [-0.39, 0.29) is 11.8 Å². The van der Waals surface area contributed by atoms with Crippen LogP contribution in [0.5, 0.6) is 11.5 Å². The normalized spacial score (nSPS) is 16.3. The van der Waals surface area contributed by atoms with E-state index in [0.29, 0.717) is 11.3 Å². The second-order valence-electron chi connectivity index (χ2n) is 6.04. The third kappa shape index (κ3) is 2.23. The van der Waals surface area contributed by atoms with Gasteiger partial charge in [-0.1, -0.05) is 18.2 Å². The van der Waals surface area contributed by atoms with Gasteiger partial charge in [-0.3, -0.25) is 0 Å². The number of allylic oxidation sites excluding steroid dienone is 1. The first-order valence-electron chi connectivity index (χ1n) is 7.93. The van der Waals surface area contributed by atoms with Gasteiger partial charge in [0.25, 0.3) is 0 Å². The third-order valence-electron chi connectivity index (χ3n) is 4.67. The molecule has 3 aromatic rings. The van der Waals surface area contributed by atoms with E-state index in [9.17, 15) is 5.26 Å². The molecule has 1 unspecified atom stereocenters. The molecule has 0 bridgehead atoms. The molecule has 0 fully saturated rings. The second kappa shape index (κ2) is 5.60. The lowest BCUT2D eigenvalue weighted by Crippen LogP contribution is -2.21. The van der Waals surface area contributed by atoms with Gasteiger partial charge >= 0.3 is 0 Å². The Morgan fingerprint density at radius 1 is 1.24 bits per heavy atom. The maximum atomic E-state index is 9.66. The highest BCUT2D eigenvalue weighted by Crippen LogP contribution is 2.45. The van der Waals surface area contributed by atoms with Gasteiger partial charge in [-0.05, 0) is 29.8 Å². The van der Waals surface area contributed by atoms with Crippen molar-refractivity contribution in [2.75, 3.05) is 7.11 Å². The summed E-state index contributed by atoms with van der Waals surface area (Å²) in [5.74, 6) is 1.32. The van der Waals surface area contributed by atoms with Crippen LogP contribution in [0.1, 0.15) is 17.0 Å². The Bertz CT molecular complexity index is 1060. The lowest BCUT2D eigenvalue weighted by molar-refractivity contribution is 0.397. The molecule has 5 nitrogen and oxygen atoms in total. The number of ether oxygens (including phenoxy) is 2. The lowest BCUT2D eigenvalue weighted by Gasteiger charge is -2.27. The van der Waals surface area contributed by atoms with Crippen LogP contribution in [-0.2, 0) is 7.05 Å². The molecular weight excluding hydrogens is 314 g/mol. The zero-order valence-electron chi connectivity index (χ0n) is 14.0. The van der Waals surface area contributed by atoms with Gasteiger partial charge in [-0.2, -0.15) is 5.26 Å². The van der Waals surface area contributed by atoms with Crippen LogP contribution >= 0.6 is 0 Å². The fraction of sp³-hybridized carbons (Fsp3) is 0.150. The maximum absolute atomic E-state index is 9.66. The van der Waals surface area contributed by atoms with Crippen LogP contribution in [0, 0.1) is 11.3 Å². The minimum atomic E-state index is -0.284. The topological polar surface area (TPSA) is 73.2 Å². The quantitative estimate of drug-likeness (QED) is 0.781. The zero-order valence-corrected chi connectivity index (χ0v) is 14.0. The van der Waals surface area contributed by atoms with Crippen LogP contribution in [-0.4, -0.2) is 11.7 Å². The number of aryl methyl sites for hydroxylation is 1. The average Bonchev–Trinajstić information content (AvgIpc) is 3.02. The number of methoxy groups -OCH3 is 1. The molecule has 0 amide bonds. The molecule has 2 heterocycles. The number of hydrogen-bond donors (Lipinski definition) is 1. The predicted molar refractivity (Wildman–Crippen MR) is 95.2 cm³/mol. The fourth-order valence-electron chi connectivity index (χ4n) is 3.43. The molecule has 124 valence electrons. The van der Waals surface area contributed by atoms with Crippen LogP contribution in [0.25, 0.3) is 10.9 Å². The molecule has 4 rings (SSSR count). The van der Waals surface area contributed by atoms with Crippen LogP contribution in [0.3, 0.4) is 0 Å². The molecule has 1 aliphatic rings. The first-order chi connectivity index (χ1) is 12.1. The van der Waals surface area contributed by atoms with Gasteiger partial charge in [0.15, 0.2) is 0 Å². The minimum absolute atomic E-state index is 0.152. The van der Waals surface area contributed by atoms with Crippen molar-refractivity contribution in [1.29, 1.82) is 5.26 Å². The van der Waals surface area contributed by atoms with E-state index in [4.69, 9.17) is 15.2 Å². The van der Waals surface area contributed by atoms with Gasteiger partial charge in [-0.25, -0.2) is 0 Å². The van der Waals surface area contributed by atoms with Crippen molar-refractivity contribution >= 4 is 10.9 Å².